The van der Waals surface area contributed by atoms with Gasteiger partial charge in [-0.2, -0.15) is 0 Å². The number of hydrogen-bond donors (Lipinski definition) is 0. The maximum Gasteiger partial charge on any atom is 0.0566 e. The van der Waals surface area contributed by atoms with E-state index in [1.807, 2.05) is 0 Å². The van der Waals surface area contributed by atoms with Crippen LogP contribution in [0, 0.1) is 5.92 Å². The van der Waals surface area contributed by atoms with E-state index in [1.165, 1.54) is 34.6 Å². The van der Waals surface area contributed by atoms with Gasteiger partial charge in [-0.3, -0.25) is 0 Å². The summed E-state index contributed by atoms with van der Waals surface area (Å²) in [5.74, 6) is 1.97. The maximum atomic E-state index is 2.31. The van der Waals surface area contributed by atoms with Crippen molar-refractivity contribution in [2.45, 2.75) is 26.2 Å². The maximum absolute atomic E-state index is 2.31. The Morgan fingerprint density at radius 2 is 1.53 bits per heavy atom. The minimum Gasteiger partial charge on any atom is -0.0674 e. The Morgan fingerprint density at radius 1 is 0.842 bits per heavy atom. The lowest BCUT2D eigenvalue weighted by atomic mass is 9.84. The first-order chi connectivity index (χ1) is 9.31. The third-order valence-electron chi connectivity index (χ3n) is 4.07. The number of fused-ring (bicyclic) bond motifs is 1. The standard InChI is InChI=1S/C19H19/c1-3-14(2)16-9-6-7-11-18(16)19-13-12-15-8-4-5-10-17(15)19/h4-14H,3H2,1-2H3. The SMILES string of the molecule is CCC(C)c1ccccc1[C]1C=Cc2ccccc21. The molecule has 95 valence electrons. The summed E-state index contributed by atoms with van der Waals surface area (Å²) in [6.07, 6.45) is 5.65. The Balaban J connectivity index is 2.08. The third kappa shape index (κ3) is 2.12. The lowest BCUT2D eigenvalue weighted by Gasteiger charge is -2.19. The molecule has 1 aliphatic carbocycles. The number of allylic oxidation sites excluding steroid dienone is 1. The summed E-state index contributed by atoms with van der Waals surface area (Å²) >= 11 is 0. The highest BCUT2D eigenvalue weighted by Crippen LogP contribution is 2.38. The predicted molar refractivity (Wildman–Crippen MR) is 82.1 cm³/mol. The van der Waals surface area contributed by atoms with Gasteiger partial charge in [0.25, 0.3) is 0 Å². The molecule has 0 saturated heterocycles. The molecule has 0 N–H and O–H groups in total. The monoisotopic (exact) mass is 247 g/mol. The zero-order valence-electron chi connectivity index (χ0n) is 11.6. The second kappa shape index (κ2) is 5.05. The lowest BCUT2D eigenvalue weighted by molar-refractivity contribution is 0.728. The van der Waals surface area contributed by atoms with E-state index in [9.17, 15) is 0 Å². The van der Waals surface area contributed by atoms with Crippen molar-refractivity contribution in [1.82, 2.24) is 0 Å². The van der Waals surface area contributed by atoms with E-state index < -0.39 is 0 Å². The Bertz CT molecular complexity index is 607. The average molecular weight is 247 g/mol. The summed E-state index contributed by atoms with van der Waals surface area (Å²) in [6.45, 7) is 4.56. The van der Waals surface area contributed by atoms with Crippen LogP contribution in [0.4, 0.5) is 0 Å². The van der Waals surface area contributed by atoms with Crippen LogP contribution in [0.1, 0.15) is 48.4 Å². The zero-order chi connectivity index (χ0) is 13.2. The Labute approximate surface area is 115 Å². The Kier molecular flexibility index (Phi) is 3.25. The quantitative estimate of drug-likeness (QED) is 0.699. The highest BCUT2D eigenvalue weighted by Gasteiger charge is 2.22. The van der Waals surface area contributed by atoms with E-state index in [1.54, 1.807) is 0 Å². The summed E-state index contributed by atoms with van der Waals surface area (Å²) in [7, 11) is 0. The van der Waals surface area contributed by atoms with Crippen LogP contribution in [0.25, 0.3) is 6.08 Å². The minimum atomic E-state index is 0.602. The van der Waals surface area contributed by atoms with E-state index in [0.717, 1.165) is 0 Å². The minimum absolute atomic E-state index is 0.602. The Hall–Kier alpha value is -1.82. The largest absolute Gasteiger partial charge is 0.0674 e. The molecule has 0 amide bonds. The van der Waals surface area contributed by atoms with E-state index in [0.29, 0.717) is 5.92 Å². The molecule has 0 nitrogen and oxygen atoms in total. The van der Waals surface area contributed by atoms with Crippen molar-refractivity contribution in [3.8, 4) is 0 Å². The molecule has 0 fully saturated rings. The van der Waals surface area contributed by atoms with Gasteiger partial charge in [0, 0.05) is 0 Å². The van der Waals surface area contributed by atoms with Gasteiger partial charge >= 0.3 is 0 Å². The van der Waals surface area contributed by atoms with Crippen LogP contribution in [-0.4, -0.2) is 0 Å². The first kappa shape index (κ1) is 12.2. The molecule has 0 spiro atoms. The first-order valence-corrected chi connectivity index (χ1v) is 7.05. The van der Waals surface area contributed by atoms with E-state index in [-0.39, 0.29) is 0 Å². The molecule has 0 aromatic heterocycles. The third-order valence-corrected chi connectivity index (χ3v) is 4.07. The first-order valence-electron chi connectivity index (χ1n) is 7.05. The highest BCUT2D eigenvalue weighted by atomic mass is 14.3. The molecule has 0 bridgehead atoms. The van der Waals surface area contributed by atoms with Crippen LogP contribution in [0.3, 0.4) is 0 Å². The molecular weight excluding hydrogens is 228 g/mol. The van der Waals surface area contributed by atoms with Crippen molar-refractivity contribution < 1.29 is 0 Å². The predicted octanol–water partition coefficient (Wildman–Crippen LogP) is 5.20. The summed E-state index contributed by atoms with van der Waals surface area (Å²) in [5, 5.41) is 0. The molecular formula is C19H19. The van der Waals surface area contributed by atoms with Crippen LogP contribution < -0.4 is 0 Å². The van der Waals surface area contributed by atoms with Crippen molar-refractivity contribution in [3.05, 3.63) is 82.8 Å². The Morgan fingerprint density at radius 3 is 2.32 bits per heavy atom. The van der Waals surface area contributed by atoms with Gasteiger partial charge in [-0.1, -0.05) is 74.5 Å². The number of rotatable bonds is 3. The summed E-state index contributed by atoms with van der Waals surface area (Å²) in [5.41, 5.74) is 5.54. The van der Waals surface area contributed by atoms with Crippen molar-refractivity contribution in [3.63, 3.8) is 0 Å². The fraction of sp³-hybridized carbons (Fsp3) is 0.211. The number of hydrogen-bond acceptors (Lipinski definition) is 0. The summed E-state index contributed by atoms with van der Waals surface area (Å²) in [6, 6.07) is 17.4. The molecule has 3 rings (SSSR count). The number of benzene rings is 2. The van der Waals surface area contributed by atoms with Crippen LogP contribution in [-0.2, 0) is 0 Å². The van der Waals surface area contributed by atoms with Gasteiger partial charge in [0.05, 0.1) is 5.92 Å². The van der Waals surface area contributed by atoms with Crippen LogP contribution in [0.15, 0.2) is 54.6 Å². The van der Waals surface area contributed by atoms with Crippen LogP contribution in [0.5, 0.6) is 0 Å². The van der Waals surface area contributed by atoms with Gasteiger partial charge in [0.2, 0.25) is 0 Å². The molecule has 2 aromatic rings. The molecule has 0 aliphatic heterocycles. The molecule has 0 heteroatoms. The molecule has 0 heterocycles. The molecule has 1 aliphatic rings. The van der Waals surface area contributed by atoms with Gasteiger partial charge in [0.1, 0.15) is 0 Å². The fourth-order valence-electron chi connectivity index (χ4n) is 2.78. The molecule has 1 atom stereocenters. The average Bonchev–Trinajstić information content (AvgIpc) is 2.90. The molecule has 1 radical (unpaired) electrons. The zero-order valence-corrected chi connectivity index (χ0v) is 11.6. The summed E-state index contributed by atoms with van der Waals surface area (Å²) in [4.78, 5) is 0. The molecule has 0 saturated carbocycles. The van der Waals surface area contributed by atoms with E-state index in [4.69, 9.17) is 0 Å². The second-order valence-electron chi connectivity index (χ2n) is 5.23. The van der Waals surface area contributed by atoms with Gasteiger partial charge < -0.3 is 0 Å². The normalized spacial score (nSPS) is 15.5. The molecule has 2 aromatic carbocycles. The molecule has 1 unspecified atom stereocenters. The fourth-order valence-corrected chi connectivity index (χ4v) is 2.78. The van der Waals surface area contributed by atoms with Gasteiger partial charge in [-0.15, -0.1) is 0 Å². The smallest absolute Gasteiger partial charge is 0.0566 e. The topological polar surface area (TPSA) is 0 Å². The van der Waals surface area contributed by atoms with Gasteiger partial charge in [-0.25, -0.2) is 0 Å². The van der Waals surface area contributed by atoms with Crippen LogP contribution in [0.2, 0.25) is 0 Å². The van der Waals surface area contributed by atoms with Crippen molar-refractivity contribution >= 4 is 6.08 Å². The summed E-state index contributed by atoms with van der Waals surface area (Å²) < 4.78 is 0. The van der Waals surface area contributed by atoms with Crippen molar-refractivity contribution in [1.29, 1.82) is 0 Å². The van der Waals surface area contributed by atoms with Gasteiger partial charge in [-0.05, 0) is 34.6 Å². The van der Waals surface area contributed by atoms with E-state index in [2.05, 4.69) is 74.5 Å². The van der Waals surface area contributed by atoms with Crippen LogP contribution >= 0.6 is 0 Å². The highest BCUT2D eigenvalue weighted by molar-refractivity contribution is 5.74. The second-order valence-corrected chi connectivity index (χ2v) is 5.23. The van der Waals surface area contributed by atoms with Crippen molar-refractivity contribution in [2.75, 3.05) is 0 Å². The van der Waals surface area contributed by atoms with E-state index >= 15 is 0 Å². The van der Waals surface area contributed by atoms with Gasteiger partial charge in [0.15, 0.2) is 0 Å². The lowest BCUT2D eigenvalue weighted by Crippen LogP contribution is -2.04. The molecule has 19 heavy (non-hydrogen) atoms. The van der Waals surface area contributed by atoms with Crippen molar-refractivity contribution in [2.24, 2.45) is 0 Å².